The van der Waals surface area contributed by atoms with Crippen LogP contribution in [0.3, 0.4) is 0 Å². The van der Waals surface area contributed by atoms with Crippen molar-refractivity contribution in [3.63, 3.8) is 0 Å². The van der Waals surface area contributed by atoms with E-state index in [1.54, 1.807) is 4.90 Å². The van der Waals surface area contributed by atoms with E-state index in [9.17, 15) is 9.59 Å². The van der Waals surface area contributed by atoms with Gasteiger partial charge in [-0.1, -0.05) is 6.08 Å². The molecule has 0 aromatic heterocycles. The number of methoxy groups -OCH3 is 1. The Balaban J connectivity index is 4.36. The van der Waals surface area contributed by atoms with Crippen molar-refractivity contribution in [2.45, 2.75) is 6.42 Å². The van der Waals surface area contributed by atoms with Gasteiger partial charge in [0, 0.05) is 12.1 Å². The minimum atomic E-state index is -1.09. The smallest absolute Gasteiger partial charge is 0.331 e. The molecular formula is C9H15NO4. The number of carbonyl (C=O) groups is 2. The van der Waals surface area contributed by atoms with Crippen LogP contribution in [0, 0.1) is 0 Å². The van der Waals surface area contributed by atoms with Gasteiger partial charge in [-0.3, -0.25) is 4.79 Å². The van der Waals surface area contributed by atoms with E-state index in [1.165, 1.54) is 13.2 Å². The van der Waals surface area contributed by atoms with Crippen molar-refractivity contribution in [1.29, 1.82) is 0 Å². The van der Waals surface area contributed by atoms with Crippen LogP contribution in [0.1, 0.15) is 6.42 Å². The van der Waals surface area contributed by atoms with Gasteiger partial charge in [0.05, 0.1) is 13.5 Å². The van der Waals surface area contributed by atoms with E-state index in [0.717, 1.165) is 0 Å². The molecule has 14 heavy (non-hydrogen) atoms. The number of likely N-dealkylation sites (N-methyl/N-ethyl adjacent to an activating group) is 1. The highest BCUT2D eigenvalue weighted by Crippen LogP contribution is 2.03. The Hall–Kier alpha value is -1.36. The molecule has 0 heterocycles. The summed E-state index contributed by atoms with van der Waals surface area (Å²) in [7, 11) is 4.86. The van der Waals surface area contributed by atoms with Crippen LogP contribution in [0.15, 0.2) is 11.6 Å². The number of esters is 1. The van der Waals surface area contributed by atoms with E-state index in [-0.39, 0.29) is 12.0 Å². The van der Waals surface area contributed by atoms with Crippen LogP contribution in [0.2, 0.25) is 0 Å². The van der Waals surface area contributed by atoms with Crippen molar-refractivity contribution >= 4 is 11.9 Å². The summed E-state index contributed by atoms with van der Waals surface area (Å²) in [5.74, 6) is -1.63. The monoisotopic (exact) mass is 201 g/mol. The molecule has 0 aromatic rings. The van der Waals surface area contributed by atoms with Crippen molar-refractivity contribution in [2.24, 2.45) is 0 Å². The number of carbonyl (C=O) groups excluding carboxylic acids is 1. The molecule has 1 N–H and O–H groups in total. The van der Waals surface area contributed by atoms with Gasteiger partial charge in [-0.05, 0) is 14.1 Å². The number of rotatable bonds is 5. The van der Waals surface area contributed by atoms with Crippen LogP contribution >= 0.6 is 0 Å². The molecule has 0 unspecified atom stereocenters. The van der Waals surface area contributed by atoms with Crippen molar-refractivity contribution in [3.05, 3.63) is 11.6 Å². The Bertz CT molecular complexity index is 245. The maximum atomic E-state index is 10.8. The number of carboxylic acids is 1. The standard InChI is InChI=1S/C9H15NO4/c1-10(2)5-4-7(9(12)13)6-8(11)14-3/h4H,5-6H2,1-3H3,(H,12,13). The summed E-state index contributed by atoms with van der Waals surface area (Å²) in [6.07, 6.45) is 1.30. The lowest BCUT2D eigenvalue weighted by molar-refractivity contribution is -0.142. The van der Waals surface area contributed by atoms with Crippen molar-refractivity contribution in [2.75, 3.05) is 27.7 Å². The van der Waals surface area contributed by atoms with Crippen molar-refractivity contribution in [1.82, 2.24) is 4.90 Å². The maximum absolute atomic E-state index is 10.8. The molecule has 5 heteroatoms. The van der Waals surface area contributed by atoms with E-state index in [0.29, 0.717) is 6.54 Å². The fourth-order valence-corrected chi connectivity index (χ4v) is 0.756. The van der Waals surface area contributed by atoms with Crippen LogP contribution < -0.4 is 0 Å². The van der Waals surface area contributed by atoms with Crippen LogP contribution in [-0.4, -0.2) is 49.7 Å². The summed E-state index contributed by atoms with van der Waals surface area (Å²) >= 11 is 0. The number of hydrogen-bond donors (Lipinski definition) is 1. The molecule has 0 spiro atoms. The second kappa shape index (κ2) is 6.15. The molecule has 0 fully saturated rings. The molecule has 0 radical (unpaired) electrons. The van der Waals surface area contributed by atoms with Gasteiger partial charge < -0.3 is 14.7 Å². The normalized spacial score (nSPS) is 11.6. The molecular weight excluding hydrogens is 186 g/mol. The van der Waals surface area contributed by atoms with E-state index >= 15 is 0 Å². The third-order valence-corrected chi connectivity index (χ3v) is 1.54. The molecule has 0 saturated carbocycles. The van der Waals surface area contributed by atoms with Crippen LogP contribution in [0.25, 0.3) is 0 Å². The van der Waals surface area contributed by atoms with Gasteiger partial charge in [0.1, 0.15) is 0 Å². The highest BCUT2D eigenvalue weighted by atomic mass is 16.5. The Morgan fingerprint density at radius 1 is 1.43 bits per heavy atom. The lowest BCUT2D eigenvalue weighted by Crippen LogP contribution is -2.15. The maximum Gasteiger partial charge on any atom is 0.331 e. The summed E-state index contributed by atoms with van der Waals surface area (Å²) in [6, 6.07) is 0. The van der Waals surface area contributed by atoms with Crippen LogP contribution in [0.4, 0.5) is 0 Å². The van der Waals surface area contributed by atoms with Gasteiger partial charge in [0.2, 0.25) is 0 Å². The molecule has 80 valence electrons. The number of nitrogens with zero attached hydrogens (tertiary/aromatic N) is 1. The quantitative estimate of drug-likeness (QED) is 0.505. The first kappa shape index (κ1) is 12.6. The predicted octanol–water partition coefficient (Wildman–Crippen LogP) is 0.122. The number of ether oxygens (including phenoxy) is 1. The molecule has 0 saturated heterocycles. The average Bonchev–Trinajstić information content (AvgIpc) is 2.10. The zero-order valence-electron chi connectivity index (χ0n) is 8.61. The Labute approximate surface area is 83.0 Å². The summed E-state index contributed by atoms with van der Waals surface area (Å²) in [4.78, 5) is 23.3. The summed E-state index contributed by atoms with van der Waals surface area (Å²) in [5.41, 5.74) is 0.0607. The molecule has 0 rings (SSSR count). The minimum absolute atomic E-state index is 0.0607. The molecule has 0 aliphatic rings. The molecule has 0 aliphatic carbocycles. The first-order valence-electron chi connectivity index (χ1n) is 4.11. The molecule has 0 aromatic carbocycles. The van der Waals surface area contributed by atoms with Gasteiger partial charge in [-0.2, -0.15) is 0 Å². The van der Waals surface area contributed by atoms with Gasteiger partial charge in [-0.25, -0.2) is 4.79 Å². The SMILES string of the molecule is COC(=O)CC(=CCN(C)C)C(=O)O. The molecule has 0 aliphatic heterocycles. The highest BCUT2D eigenvalue weighted by Gasteiger charge is 2.12. The third kappa shape index (κ3) is 5.31. The number of carboxylic acid groups (broad SMARTS) is 1. The molecule has 0 bridgehead atoms. The summed E-state index contributed by atoms with van der Waals surface area (Å²) < 4.78 is 4.38. The fourth-order valence-electron chi connectivity index (χ4n) is 0.756. The van der Waals surface area contributed by atoms with Gasteiger partial charge in [-0.15, -0.1) is 0 Å². The van der Waals surface area contributed by atoms with Crippen LogP contribution in [-0.2, 0) is 14.3 Å². The lowest BCUT2D eigenvalue weighted by Gasteiger charge is -2.06. The molecule has 5 nitrogen and oxygen atoms in total. The minimum Gasteiger partial charge on any atom is -0.478 e. The van der Waals surface area contributed by atoms with Crippen molar-refractivity contribution in [3.8, 4) is 0 Å². The largest absolute Gasteiger partial charge is 0.478 e. The average molecular weight is 201 g/mol. The zero-order chi connectivity index (χ0) is 11.1. The van der Waals surface area contributed by atoms with Gasteiger partial charge in [0.15, 0.2) is 0 Å². The van der Waals surface area contributed by atoms with E-state index < -0.39 is 11.9 Å². The molecule has 0 atom stereocenters. The van der Waals surface area contributed by atoms with E-state index in [1.807, 2.05) is 14.1 Å². The van der Waals surface area contributed by atoms with Gasteiger partial charge >= 0.3 is 11.9 Å². The zero-order valence-corrected chi connectivity index (χ0v) is 8.61. The first-order chi connectivity index (χ1) is 6.47. The third-order valence-electron chi connectivity index (χ3n) is 1.54. The number of hydrogen-bond acceptors (Lipinski definition) is 4. The predicted molar refractivity (Wildman–Crippen MR) is 50.9 cm³/mol. The Kier molecular flexibility index (Phi) is 5.55. The van der Waals surface area contributed by atoms with E-state index in [4.69, 9.17) is 5.11 Å². The fraction of sp³-hybridized carbons (Fsp3) is 0.556. The second-order valence-electron chi connectivity index (χ2n) is 3.05. The van der Waals surface area contributed by atoms with Crippen molar-refractivity contribution < 1.29 is 19.4 Å². The Morgan fingerprint density at radius 2 is 2.00 bits per heavy atom. The van der Waals surface area contributed by atoms with Gasteiger partial charge in [0.25, 0.3) is 0 Å². The lowest BCUT2D eigenvalue weighted by atomic mass is 10.2. The summed E-state index contributed by atoms with van der Waals surface area (Å²) in [6.45, 7) is 0.485. The summed E-state index contributed by atoms with van der Waals surface area (Å²) in [5, 5.41) is 8.74. The second-order valence-corrected chi connectivity index (χ2v) is 3.05. The molecule has 0 amide bonds. The highest BCUT2D eigenvalue weighted by molar-refractivity contribution is 5.92. The topological polar surface area (TPSA) is 66.8 Å². The first-order valence-corrected chi connectivity index (χ1v) is 4.11. The number of aliphatic carboxylic acids is 1. The van der Waals surface area contributed by atoms with Crippen LogP contribution in [0.5, 0.6) is 0 Å². The Morgan fingerprint density at radius 3 is 2.36 bits per heavy atom. The van der Waals surface area contributed by atoms with E-state index in [2.05, 4.69) is 4.74 Å².